The van der Waals surface area contributed by atoms with E-state index < -0.39 is 0 Å². The second kappa shape index (κ2) is 4.89. The van der Waals surface area contributed by atoms with Gasteiger partial charge in [-0.1, -0.05) is 12.2 Å². The van der Waals surface area contributed by atoms with Crippen LogP contribution in [0.15, 0.2) is 17.1 Å². The van der Waals surface area contributed by atoms with E-state index >= 15 is 0 Å². The van der Waals surface area contributed by atoms with Gasteiger partial charge in [-0.25, -0.2) is 4.79 Å². The Bertz CT molecular complexity index is 599. The lowest BCUT2D eigenvalue weighted by Crippen LogP contribution is -2.10. The minimum absolute atomic E-state index is 0.316. The number of ether oxygens (including phenoxy) is 1. The average Bonchev–Trinajstić information content (AvgIpc) is 2.77. The number of aryl methyl sites for hydroxylation is 1. The second-order valence-electron chi connectivity index (χ2n) is 4.57. The van der Waals surface area contributed by atoms with Crippen LogP contribution >= 0.6 is 11.8 Å². The van der Waals surface area contributed by atoms with Crippen LogP contribution in [0.1, 0.15) is 41.5 Å². The molecule has 0 saturated heterocycles. The van der Waals surface area contributed by atoms with Crippen molar-refractivity contribution in [3.8, 4) is 0 Å². The van der Waals surface area contributed by atoms with Crippen LogP contribution in [0, 0.1) is 0 Å². The van der Waals surface area contributed by atoms with Gasteiger partial charge >= 0.3 is 5.97 Å². The number of allylic oxidation sites excluding steroid dienone is 3. The number of hydrogen-bond acceptors (Lipinski definition) is 4. The maximum Gasteiger partial charge on any atom is 0.359 e. The molecule has 0 spiro atoms. The molecule has 5 heteroatoms. The molecule has 19 heavy (non-hydrogen) atoms. The summed E-state index contributed by atoms with van der Waals surface area (Å²) in [6.45, 7) is 2.19. The Morgan fingerprint density at radius 2 is 2.26 bits per heavy atom. The van der Waals surface area contributed by atoms with E-state index in [0.29, 0.717) is 12.3 Å². The molecule has 2 heterocycles. The van der Waals surface area contributed by atoms with Crippen LogP contribution in [0.25, 0.3) is 5.57 Å². The van der Waals surface area contributed by atoms with Crippen LogP contribution in [-0.4, -0.2) is 22.4 Å². The van der Waals surface area contributed by atoms with Crippen LogP contribution in [0.4, 0.5) is 0 Å². The van der Waals surface area contributed by atoms with Gasteiger partial charge in [-0.3, -0.25) is 4.68 Å². The third-order valence-electron chi connectivity index (χ3n) is 3.35. The van der Waals surface area contributed by atoms with E-state index in [1.807, 2.05) is 18.7 Å². The molecule has 0 aromatic carbocycles. The predicted molar refractivity (Wildman–Crippen MR) is 75.8 cm³/mol. The SMILES string of the molecule is CCOC(=O)c1nn(C)c2c1CSC1=CCCC=C12. The van der Waals surface area contributed by atoms with Gasteiger partial charge in [0.2, 0.25) is 0 Å². The summed E-state index contributed by atoms with van der Waals surface area (Å²) in [5, 5.41) is 4.36. The van der Waals surface area contributed by atoms with Gasteiger partial charge in [0.05, 0.1) is 12.3 Å². The fraction of sp³-hybridized carbons (Fsp3) is 0.429. The molecule has 0 saturated carbocycles. The Balaban J connectivity index is 2.09. The maximum absolute atomic E-state index is 11.9. The number of carbonyl (C=O) groups excluding carboxylic acids is 1. The number of thioether (sulfide) groups is 1. The van der Waals surface area contributed by atoms with Gasteiger partial charge in [-0.05, 0) is 19.8 Å². The highest BCUT2D eigenvalue weighted by Gasteiger charge is 2.30. The van der Waals surface area contributed by atoms with Crippen molar-refractivity contribution < 1.29 is 9.53 Å². The molecule has 1 aromatic heterocycles. The molecule has 100 valence electrons. The molecule has 1 aliphatic heterocycles. The van der Waals surface area contributed by atoms with E-state index in [9.17, 15) is 4.79 Å². The fourth-order valence-electron chi connectivity index (χ4n) is 2.56. The molecule has 2 aliphatic rings. The lowest BCUT2D eigenvalue weighted by molar-refractivity contribution is 0.0517. The van der Waals surface area contributed by atoms with Crippen molar-refractivity contribution in [2.45, 2.75) is 25.5 Å². The zero-order valence-electron chi connectivity index (χ0n) is 11.1. The van der Waals surface area contributed by atoms with Crippen LogP contribution in [0.5, 0.6) is 0 Å². The monoisotopic (exact) mass is 276 g/mol. The molecular weight excluding hydrogens is 260 g/mol. The molecule has 0 atom stereocenters. The third kappa shape index (κ3) is 2.02. The van der Waals surface area contributed by atoms with E-state index in [-0.39, 0.29) is 5.97 Å². The zero-order valence-corrected chi connectivity index (χ0v) is 11.9. The van der Waals surface area contributed by atoms with Crippen molar-refractivity contribution in [2.75, 3.05) is 6.61 Å². The number of aromatic nitrogens is 2. The Hall–Kier alpha value is -1.49. The van der Waals surface area contributed by atoms with Gasteiger partial charge in [0.15, 0.2) is 5.69 Å². The summed E-state index contributed by atoms with van der Waals surface area (Å²) >= 11 is 1.78. The second-order valence-corrected chi connectivity index (χ2v) is 5.59. The van der Waals surface area contributed by atoms with E-state index in [2.05, 4.69) is 17.3 Å². The molecule has 3 rings (SSSR count). The summed E-state index contributed by atoms with van der Waals surface area (Å²) in [4.78, 5) is 13.3. The highest BCUT2D eigenvalue weighted by Crippen LogP contribution is 2.44. The van der Waals surface area contributed by atoms with Gasteiger partial charge in [0.1, 0.15) is 0 Å². The summed E-state index contributed by atoms with van der Waals surface area (Å²) < 4.78 is 6.90. The average molecular weight is 276 g/mol. The smallest absolute Gasteiger partial charge is 0.359 e. The maximum atomic E-state index is 11.9. The quantitative estimate of drug-likeness (QED) is 0.779. The van der Waals surface area contributed by atoms with Crippen molar-refractivity contribution in [2.24, 2.45) is 7.05 Å². The fourth-order valence-corrected chi connectivity index (χ4v) is 3.70. The van der Waals surface area contributed by atoms with Gasteiger partial charge in [-0.2, -0.15) is 5.10 Å². The lowest BCUT2D eigenvalue weighted by Gasteiger charge is -2.22. The number of hydrogen-bond donors (Lipinski definition) is 0. The first kappa shape index (κ1) is 12.5. The molecule has 0 amide bonds. The van der Waals surface area contributed by atoms with E-state index in [1.54, 1.807) is 11.8 Å². The number of esters is 1. The first-order valence-corrected chi connectivity index (χ1v) is 7.47. The third-order valence-corrected chi connectivity index (χ3v) is 4.48. The van der Waals surface area contributed by atoms with Crippen LogP contribution in [0.3, 0.4) is 0 Å². The normalized spacial score (nSPS) is 17.2. The molecule has 0 bridgehead atoms. The molecule has 0 radical (unpaired) electrons. The van der Waals surface area contributed by atoms with E-state index in [1.165, 1.54) is 10.5 Å². The highest BCUT2D eigenvalue weighted by molar-refractivity contribution is 8.03. The van der Waals surface area contributed by atoms with Gasteiger partial charge in [-0.15, -0.1) is 11.8 Å². The number of carbonyl (C=O) groups is 1. The molecule has 1 aromatic rings. The molecule has 1 aliphatic carbocycles. The Kier molecular flexibility index (Phi) is 3.22. The van der Waals surface area contributed by atoms with Crippen molar-refractivity contribution in [3.63, 3.8) is 0 Å². The van der Waals surface area contributed by atoms with Gasteiger partial charge in [0.25, 0.3) is 0 Å². The van der Waals surface area contributed by atoms with Gasteiger partial charge in [0, 0.05) is 28.8 Å². The van der Waals surface area contributed by atoms with Gasteiger partial charge < -0.3 is 4.74 Å². The largest absolute Gasteiger partial charge is 0.461 e. The minimum Gasteiger partial charge on any atom is -0.461 e. The van der Waals surface area contributed by atoms with Crippen LogP contribution < -0.4 is 0 Å². The predicted octanol–water partition coefficient (Wildman–Crippen LogP) is 2.90. The first-order valence-electron chi connectivity index (χ1n) is 6.49. The molecule has 4 nitrogen and oxygen atoms in total. The van der Waals surface area contributed by atoms with Crippen molar-refractivity contribution in [3.05, 3.63) is 34.0 Å². The van der Waals surface area contributed by atoms with Crippen molar-refractivity contribution >= 4 is 23.3 Å². The van der Waals surface area contributed by atoms with Crippen molar-refractivity contribution in [1.82, 2.24) is 9.78 Å². The zero-order chi connectivity index (χ0) is 13.4. The van der Waals surface area contributed by atoms with Crippen LogP contribution in [0.2, 0.25) is 0 Å². The van der Waals surface area contributed by atoms with Crippen LogP contribution in [-0.2, 0) is 17.5 Å². The standard InChI is InChI=1S/C14H16N2O2S/c1-3-18-14(17)12-10-8-19-11-7-5-4-6-9(11)13(10)16(2)15-12/h6-7H,3-5,8H2,1-2H3. The first-order chi connectivity index (χ1) is 9.22. The van der Waals surface area contributed by atoms with E-state index in [0.717, 1.165) is 29.9 Å². The number of rotatable bonds is 2. The summed E-state index contributed by atoms with van der Waals surface area (Å²) in [6, 6.07) is 0. The Labute approximate surface area is 116 Å². The summed E-state index contributed by atoms with van der Waals surface area (Å²) in [6.07, 6.45) is 6.68. The Morgan fingerprint density at radius 3 is 3.05 bits per heavy atom. The van der Waals surface area contributed by atoms with Crippen molar-refractivity contribution in [1.29, 1.82) is 0 Å². The van der Waals surface area contributed by atoms with E-state index in [4.69, 9.17) is 4.74 Å². The summed E-state index contributed by atoms with van der Waals surface area (Å²) in [5.74, 6) is 0.476. The molecule has 0 N–H and O–H groups in total. The lowest BCUT2D eigenvalue weighted by atomic mass is 10.00. The summed E-state index contributed by atoms with van der Waals surface area (Å²) in [7, 11) is 1.89. The molecule has 0 fully saturated rings. The topological polar surface area (TPSA) is 44.1 Å². The molecule has 0 unspecified atom stereocenters. The number of fused-ring (bicyclic) bond motifs is 3. The Morgan fingerprint density at radius 1 is 1.47 bits per heavy atom. The minimum atomic E-state index is -0.316. The number of nitrogens with zero attached hydrogens (tertiary/aromatic N) is 2. The summed E-state index contributed by atoms with van der Waals surface area (Å²) in [5.41, 5.74) is 3.78. The molecular formula is C14H16N2O2S. The highest BCUT2D eigenvalue weighted by atomic mass is 32.2.